The van der Waals surface area contributed by atoms with E-state index in [9.17, 15) is 4.79 Å². The Bertz CT molecular complexity index is 458. The molecule has 2 rings (SSSR count). The second-order valence-corrected chi connectivity index (χ2v) is 6.58. The molecule has 112 valence electrons. The standard InChI is InChI=1S/C15H26N4O/c1-11(2)19-14(17-10-18-19)8-13(20)15(3,4)12-6-5-7-16-9-12/h10-12,16H,5-9H2,1-4H3. The molecule has 20 heavy (non-hydrogen) atoms. The van der Waals surface area contributed by atoms with Crippen molar-refractivity contribution in [2.24, 2.45) is 11.3 Å². The van der Waals surface area contributed by atoms with Crippen LogP contribution in [0.15, 0.2) is 6.33 Å². The minimum absolute atomic E-state index is 0.236. The third kappa shape index (κ3) is 3.08. The van der Waals surface area contributed by atoms with E-state index in [-0.39, 0.29) is 17.2 Å². The number of ketones is 1. The molecule has 1 saturated heterocycles. The molecule has 1 aromatic rings. The molecule has 1 aliphatic rings. The maximum Gasteiger partial charge on any atom is 0.146 e. The minimum Gasteiger partial charge on any atom is -0.316 e. The van der Waals surface area contributed by atoms with Crippen LogP contribution < -0.4 is 5.32 Å². The molecule has 1 aromatic heterocycles. The fraction of sp³-hybridized carbons (Fsp3) is 0.800. The lowest BCUT2D eigenvalue weighted by atomic mass is 9.71. The van der Waals surface area contributed by atoms with E-state index in [0.29, 0.717) is 12.3 Å². The fourth-order valence-electron chi connectivity index (χ4n) is 2.90. The zero-order chi connectivity index (χ0) is 14.8. The molecule has 1 fully saturated rings. The summed E-state index contributed by atoms with van der Waals surface area (Å²) in [5.74, 6) is 1.46. The molecule has 0 aromatic carbocycles. The summed E-state index contributed by atoms with van der Waals surface area (Å²) in [6.45, 7) is 10.3. The first-order valence-corrected chi connectivity index (χ1v) is 7.55. The third-order valence-corrected chi connectivity index (χ3v) is 4.49. The van der Waals surface area contributed by atoms with Gasteiger partial charge in [-0.15, -0.1) is 0 Å². The second kappa shape index (κ2) is 6.04. The van der Waals surface area contributed by atoms with Crippen LogP contribution in [0, 0.1) is 11.3 Å². The lowest BCUT2D eigenvalue weighted by Gasteiger charge is -2.36. The Kier molecular flexibility index (Phi) is 4.58. The van der Waals surface area contributed by atoms with Gasteiger partial charge in [0.15, 0.2) is 0 Å². The summed E-state index contributed by atoms with van der Waals surface area (Å²) in [5.41, 5.74) is -0.304. The maximum atomic E-state index is 12.7. The highest BCUT2D eigenvalue weighted by Crippen LogP contribution is 2.33. The smallest absolute Gasteiger partial charge is 0.146 e. The van der Waals surface area contributed by atoms with Gasteiger partial charge in [-0.3, -0.25) is 4.79 Å². The van der Waals surface area contributed by atoms with Crippen molar-refractivity contribution in [1.29, 1.82) is 0 Å². The van der Waals surface area contributed by atoms with Gasteiger partial charge in [0.2, 0.25) is 0 Å². The molecule has 1 atom stereocenters. The SMILES string of the molecule is CC(C)n1ncnc1CC(=O)C(C)(C)C1CCCNC1. The number of aromatic nitrogens is 3. The number of piperidine rings is 1. The summed E-state index contributed by atoms with van der Waals surface area (Å²) in [7, 11) is 0. The van der Waals surface area contributed by atoms with E-state index in [1.165, 1.54) is 6.33 Å². The van der Waals surface area contributed by atoms with Crippen molar-refractivity contribution in [3.05, 3.63) is 12.2 Å². The van der Waals surface area contributed by atoms with Gasteiger partial charge in [0.25, 0.3) is 0 Å². The van der Waals surface area contributed by atoms with Crippen molar-refractivity contribution >= 4 is 5.78 Å². The average molecular weight is 278 g/mol. The Labute approximate surface area is 121 Å². The van der Waals surface area contributed by atoms with Crippen LogP contribution in [0.1, 0.15) is 52.4 Å². The summed E-state index contributed by atoms with van der Waals surface area (Å²) < 4.78 is 1.84. The highest BCUT2D eigenvalue weighted by atomic mass is 16.1. The van der Waals surface area contributed by atoms with Crippen molar-refractivity contribution in [2.45, 2.75) is 53.0 Å². The van der Waals surface area contributed by atoms with Crippen LogP contribution in [-0.4, -0.2) is 33.6 Å². The molecular weight excluding hydrogens is 252 g/mol. The van der Waals surface area contributed by atoms with E-state index in [4.69, 9.17) is 0 Å². The van der Waals surface area contributed by atoms with E-state index >= 15 is 0 Å². The van der Waals surface area contributed by atoms with E-state index in [2.05, 4.69) is 43.1 Å². The van der Waals surface area contributed by atoms with Crippen molar-refractivity contribution < 1.29 is 4.79 Å². The molecule has 0 aliphatic carbocycles. The van der Waals surface area contributed by atoms with Gasteiger partial charge in [-0.05, 0) is 45.7 Å². The van der Waals surface area contributed by atoms with Crippen molar-refractivity contribution in [2.75, 3.05) is 13.1 Å². The molecule has 2 heterocycles. The van der Waals surface area contributed by atoms with Crippen LogP contribution in [0.3, 0.4) is 0 Å². The first-order valence-electron chi connectivity index (χ1n) is 7.55. The molecule has 0 saturated carbocycles. The summed E-state index contributed by atoms with van der Waals surface area (Å²) in [6, 6.07) is 0.236. The Morgan fingerprint density at radius 2 is 2.30 bits per heavy atom. The molecule has 0 radical (unpaired) electrons. The zero-order valence-electron chi connectivity index (χ0n) is 13.0. The first-order chi connectivity index (χ1) is 9.43. The van der Waals surface area contributed by atoms with Crippen LogP contribution in [-0.2, 0) is 11.2 Å². The molecule has 1 unspecified atom stereocenters. The molecule has 0 bridgehead atoms. The van der Waals surface area contributed by atoms with Crippen LogP contribution in [0.25, 0.3) is 0 Å². The lowest BCUT2D eigenvalue weighted by Crippen LogP contribution is -2.43. The van der Waals surface area contributed by atoms with Gasteiger partial charge in [-0.25, -0.2) is 9.67 Å². The predicted octanol–water partition coefficient (Wildman–Crippen LogP) is 2.00. The zero-order valence-corrected chi connectivity index (χ0v) is 13.0. The van der Waals surface area contributed by atoms with E-state index < -0.39 is 0 Å². The molecule has 5 heteroatoms. The van der Waals surface area contributed by atoms with Crippen LogP contribution in [0.5, 0.6) is 0 Å². The monoisotopic (exact) mass is 278 g/mol. The lowest BCUT2D eigenvalue weighted by molar-refractivity contribution is -0.129. The summed E-state index contributed by atoms with van der Waals surface area (Å²) in [6.07, 6.45) is 4.20. The highest BCUT2D eigenvalue weighted by Gasteiger charge is 2.37. The third-order valence-electron chi connectivity index (χ3n) is 4.49. The highest BCUT2D eigenvalue weighted by molar-refractivity contribution is 5.85. The van der Waals surface area contributed by atoms with E-state index in [1.54, 1.807) is 0 Å². The van der Waals surface area contributed by atoms with Crippen molar-refractivity contribution in [3.63, 3.8) is 0 Å². The van der Waals surface area contributed by atoms with Crippen LogP contribution in [0.2, 0.25) is 0 Å². The van der Waals surface area contributed by atoms with Crippen molar-refractivity contribution in [3.8, 4) is 0 Å². The van der Waals surface area contributed by atoms with Gasteiger partial charge >= 0.3 is 0 Å². The molecule has 1 N–H and O–H groups in total. The number of rotatable bonds is 5. The van der Waals surface area contributed by atoms with Gasteiger partial charge in [0.05, 0.1) is 6.42 Å². The van der Waals surface area contributed by atoms with Crippen molar-refractivity contribution in [1.82, 2.24) is 20.1 Å². The number of nitrogens with zero attached hydrogens (tertiary/aromatic N) is 3. The molecular formula is C15H26N4O. The molecule has 0 spiro atoms. The summed E-state index contributed by atoms with van der Waals surface area (Å²) in [5, 5.41) is 7.60. The first kappa shape index (κ1) is 15.2. The average Bonchev–Trinajstić information content (AvgIpc) is 2.88. The summed E-state index contributed by atoms with van der Waals surface area (Å²) >= 11 is 0. The minimum atomic E-state index is -0.304. The summed E-state index contributed by atoms with van der Waals surface area (Å²) in [4.78, 5) is 16.9. The topological polar surface area (TPSA) is 59.8 Å². The Morgan fingerprint density at radius 3 is 2.90 bits per heavy atom. The second-order valence-electron chi connectivity index (χ2n) is 6.58. The Morgan fingerprint density at radius 1 is 1.55 bits per heavy atom. The number of carbonyl (C=O) groups excluding carboxylic acids is 1. The maximum absolute atomic E-state index is 12.7. The van der Waals surface area contributed by atoms with Gasteiger partial charge < -0.3 is 5.32 Å². The fourth-order valence-corrected chi connectivity index (χ4v) is 2.90. The molecule has 0 amide bonds. The Hall–Kier alpha value is -1.23. The number of nitrogens with one attached hydrogen (secondary N) is 1. The predicted molar refractivity (Wildman–Crippen MR) is 78.5 cm³/mol. The van der Waals surface area contributed by atoms with Gasteiger partial charge in [0, 0.05) is 11.5 Å². The van der Waals surface area contributed by atoms with E-state index in [0.717, 1.165) is 31.8 Å². The van der Waals surface area contributed by atoms with Crippen LogP contribution >= 0.6 is 0 Å². The molecule has 5 nitrogen and oxygen atoms in total. The van der Waals surface area contributed by atoms with Gasteiger partial charge in [-0.1, -0.05) is 13.8 Å². The number of hydrogen-bond donors (Lipinski definition) is 1. The van der Waals surface area contributed by atoms with E-state index in [1.807, 2.05) is 4.68 Å². The van der Waals surface area contributed by atoms with Gasteiger partial charge in [0.1, 0.15) is 17.9 Å². The van der Waals surface area contributed by atoms with Gasteiger partial charge in [-0.2, -0.15) is 5.10 Å². The number of Topliss-reactive ketones (excluding diaryl/α,β-unsaturated/α-hetero) is 1. The quantitative estimate of drug-likeness (QED) is 0.895. The Balaban J connectivity index is 2.08. The van der Waals surface area contributed by atoms with Crippen LogP contribution in [0.4, 0.5) is 0 Å². The normalized spacial score (nSPS) is 20.4. The number of carbonyl (C=O) groups is 1. The largest absolute Gasteiger partial charge is 0.316 e. The number of hydrogen-bond acceptors (Lipinski definition) is 4. The molecule has 1 aliphatic heterocycles.